The molecule has 0 saturated carbocycles. The van der Waals surface area contributed by atoms with Crippen LogP contribution < -0.4 is 15.8 Å². The monoisotopic (exact) mass is 440 g/mol. The second-order valence-corrected chi connectivity index (χ2v) is 7.50. The predicted molar refractivity (Wildman–Crippen MR) is 126 cm³/mol. The lowest BCUT2D eigenvalue weighted by Gasteiger charge is -2.15. The van der Waals surface area contributed by atoms with E-state index in [2.05, 4.69) is 15.3 Å². The number of aromatic amines is 1. The second kappa shape index (κ2) is 9.82. The quantitative estimate of drug-likeness (QED) is 0.364. The molecule has 3 aromatic carbocycles. The summed E-state index contributed by atoms with van der Waals surface area (Å²) in [4.78, 5) is 31.7. The molecule has 7 nitrogen and oxygen atoms in total. The number of carbonyl (C=O) groups is 2. The largest absolute Gasteiger partial charge is 0.457 e. The van der Waals surface area contributed by atoms with Crippen molar-refractivity contribution in [3.05, 3.63) is 102 Å². The van der Waals surface area contributed by atoms with Crippen molar-refractivity contribution in [2.75, 3.05) is 0 Å². The summed E-state index contributed by atoms with van der Waals surface area (Å²) in [7, 11) is 0. The number of carbonyl (C=O) groups excluding carboxylic acids is 2. The third kappa shape index (κ3) is 5.27. The fourth-order valence-electron chi connectivity index (χ4n) is 3.38. The van der Waals surface area contributed by atoms with Crippen LogP contribution in [0.2, 0.25) is 0 Å². The van der Waals surface area contributed by atoms with E-state index in [1.54, 1.807) is 54.7 Å². The highest BCUT2D eigenvalue weighted by molar-refractivity contribution is 5.94. The molecule has 0 radical (unpaired) electrons. The summed E-state index contributed by atoms with van der Waals surface area (Å²) in [6, 6.07) is 23.1. The zero-order valence-corrected chi connectivity index (χ0v) is 18.1. The van der Waals surface area contributed by atoms with Crippen molar-refractivity contribution in [2.24, 2.45) is 5.73 Å². The highest BCUT2D eigenvalue weighted by atomic mass is 16.5. The van der Waals surface area contributed by atoms with Gasteiger partial charge in [-0.05, 0) is 60.5 Å². The SMILES string of the molecule is CCC(NC(=O)c1ccc(Oc2ccc(C(N)=O)cc2)cc1)c1ncc(-c2ccccc2)[nH]1. The van der Waals surface area contributed by atoms with Crippen LogP contribution in [-0.4, -0.2) is 21.8 Å². The maximum absolute atomic E-state index is 12.8. The molecule has 0 spiro atoms. The number of aromatic nitrogens is 2. The Hall–Kier alpha value is -4.39. The molecule has 7 heteroatoms. The van der Waals surface area contributed by atoms with Gasteiger partial charge in [-0.15, -0.1) is 0 Å². The Balaban J connectivity index is 1.40. The van der Waals surface area contributed by atoms with Gasteiger partial charge in [0.25, 0.3) is 5.91 Å². The normalized spacial score (nSPS) is 11.5. The molecule has 0 bridgehead atoms. The Morgan fingerprint density at radius 3 is 2.12 bits per heavy atom. The molecule has 4 aromatic rings. The van der Waals surface area contributed by atoms with Crippen molar-refractivity contribution < 1.29 is 14.3 Å². The van der Waals surface area contributed by atoms with E-state index in [9.17, 15) is 9.59 Å². The van der Waals surface area contributed by atoms with E-state index in [1.165, 1.54) is 0 Å². The van der Waals surface area contributed by atoms with Crippen molar-refractivity contribution in [1.29, 1.82) is 0 Å². The number of benzene rings is 3. The van der Waals surface area contributed by atoms with Gasteiger partial charge in [-0.3, -0.25) is 9.59 Å². The van der Waals surface area contributed by atoms with Crippen LogP contribution in [0.25, 0.3) is 11.3 Å². The molecular formula is C26H24N4O3. The average molecular weight is 441 g/mol. The van der Waals surface area contributed by atoms with Crippen molar-refractivity contribution >= 4 is 11.8 Å². The Labute approximate surface area is 191 Å². The molecule has 4 N–H and O–H groups in total. The van der Waals surface area contributed by atoms with Gasteiger partial charge in [-0.1, -0.05) is 37.3 Å². The lowest BCUT2D eigenvalue weighted by molar-refractivity contribution is 0.0933. The summed E-state index contributed by atoms with van der Waals surface area (Å²) in [5.41, 5.74) is 8.12. The highest BCUT2D eigenvalue weighted by Gasteiger charge is 2.17. The van der Waals surface area contributed by atoms with Crippen LogP contribution >= 0.6 is 0 Å². The molecule has 1 atom stereocenters. The van der Waals surface area contributed by atoms with Gasteiger partial charge < -0.3 is 20.8 Å². The molecule has 166 valence electrons. The van der Waals surface area contributed by atoms with Crippen LogP contribution in [0.1, 0.15) is 45.9 Å². The second-order valence-electron chi connectivity index (χ2n) is 7.50. The van der Waals surface area contributed by atoms with E-state index < -0.39 is 5.91 Å². The van der Waals surface area contributed by atoms with Gasteiger partial charge in [-0.2, -0.15) is 0 Å². The zero-order chi connectivity index (χ0) is 23.2. The van der Waals surface area contributed by atoms with Gasteiger partial charge in [0.1, 0.15) is 17.3 Å². The third-order valence-corrected chi connectivity index (χ3v) is 5.21. The first-order valence-electron chi connectivity index (χ1n) is 10.6. The smallest absolute Gasteiger partial charge is 0.251 e. The van der Waals surface area contributed by atoms with E-state index in [1.807, 2.05) is 37.3 Å². The zero-order valence-electron chi connectivity index (χ0n) is 18.1. The number of hydrogen-bond donors (Lipinski definition) is 3. The molecule has 0 fully saturated rings. The van der Waals surface area contributed by atoms with Crippen LogP contribution in [-0.2, 0) is 0 Å². The molecule has 4 rings (SSSR count). The minimum absolute atomic E-state index is 0.197. The topological polar surface area (TPSA) is 110 Å². The fourth-order valence-corrected chi connectivity index (χ4v) is 3.38. The lowest BCUT2D eigenvalue weighted by atomic mass is 10.1. The standard InChI is InChI=1S/C26H24N4O3/c1-2-22(25-28-16-23(29-25)17-6-4-3-5-7-17)30-26(32)19-10-14-21(15-11-19)33-20-12-8-18(9-13-20)24(27)31/h3-16,22H,2H2,1H3,(H2,27,31)(H,28,29)(H,30,32). The van der Waals surface area contributed by atoms with Crippen molar-refractivity contribution in [3.8, 4) is 22.8 Å². The van der Waals surface area contributed by atoms with Crippen LogP contribution in [0.3, 0.4) is 0 Å². The van der Waals surface area contributed by atoms with E-state index in [4.69, 9.17) is 10.5 Å². The number of nitrogens with one attached hydrogen (secondary N) is 2. The van der Waals surface area contributed by atoms with Gasteiger partial charge in [0.2, 0.25) is 5.91 Å². The van der Waals surface area contributed by atoms with Gasteiger partial charge in [-0.25, -0.2) is 4.98 Å². The molecular weight excluding hydrogens is 416 g/mol. The number of ether oxygens (including phenoxy) is 1. The molecule has 0 aliphatic rings. The first-order valence-corrected chi connectivity index (χ1v) is 10.6. The number of H-pyrrole nitrogens is 1. The molecule has 33 heavy (non-hydrogen) atoms. The van der Waals surface area contributed by atoms with E-state index >= 15 is 0 Å². The van der Waals surface area contributed by atoms with Gasteiger partial charge >= 0.3 is 0 Å². The van der Waals surface area contributed by atoms with Crippen LogP contribution in [0.15, 0.2) is 85.1 Å². The molecule has 0 aliphatic heterocycles. The number of amides is 2. The molecule has 1 unspecified atom stereocenters. The summed E-state index contributed by atoms with van der Waals surface area (Å²) < 4.78 is 5.77. The summed E-state index contributed by atoms with van der Waals surface area (Å²) in [5, 5.41) is 3.03. The highest BCUT2D eigenvalue weighted by Crippen LogP contribution is 2.23. The first kappa shape index (κ1) is 21.8. The van der Waals surface area contributed by atoms with Crippen LogP contribution in [0, 0.1) is 0 Å². The maximum atomic E-state index is 12.8. The maximum Gasteiger partial charge on any atom is 0.251 e. The van der Waals surface area contributed by atoms with Gasteiger partial charge in [0, 0.05) is 11.1 Å². The minimum Gasteiger partial charge on any atom is -0.457 e. The van der Waals surface area contributed by atoms with E-state index in [0.717, 1.165) is 11.3 Å². The van der Waals surface area contributed by atoms with E-state index in [0.29, 0.717) is 34.9 Å². The molecule has 0 saturated heterocycles. The number of rotatable bonds is 8. The number of primary amides is 1. The van der Waals surface area contributed by atoms with Crippen molar-refractivity contribution in [2.45, 2.75) is 19.4 Å². The first-order chi connectivity index (χ1) is 16.0. The molecule has 1 aromatic heterocycles. The number of hydrogen-bond acceptors (Lipinski definition) is 4. The van der Waals surface area contributed by atoms with Crippen LogP contribution in [0.5, 0.6) is 11.5 Å². The number of nitrogens with zero attached hydrogens (tertiary/aromatic N) is 1. The Morgan fingerprint density at radius 1 is 0.939 bits per heavy atom. The fraction of sp³-hybridized carbons (Fsp3) is 0.115. The minimum atomic E-state index is -0.492. The Kier molecular flexibility index (Phi) is 6.50. The van der Waals surface area contributed by atoms with Crippen molar-refractivity contribution in [3.63, 3.8) is 0 Å². The number of imidazole rings is 1. The lowest BCUT2D eigenvalue weighted by Crippen LogP contribution is -2.28. The Bertz CT molecular complexity index is 1230. The molecule has 0 aliphatic carbocycles. The van der Waals surface area contributed by atoms with Gasteiger partial charge in [0.15, 0.2) is 0 Å². The number of nitrogens with two attached hydrogens (primary N) is 1. The molecule has 1 heterocycles. The van der Waals surface area contributed by atoms with Gasteiger partial charge in [0.05, 0.1) is 17.9 Å². The summed E-state index contributed by atoms with van der Waals surface area (Å²) >= 11 is 0. The summed E-state index contributed by atoms with van der Waals surface area (Å²) in [6.45, 7) is 2.00. The third-order valence-electron chi connectivity index (χ3n) is 5.21. The van der Waals surface area contributed by atoms with E-state index in [-0.39, 0.29) is 11.9 Å². The molecule has 2 amide bonds. The van der Waals surface area contributed by atoms with Crippen molar-refractivity contribution in [1.82, 2.24) is 15.3 Å². The average Bonchev–Trinajstić information content (AvgIpc) is 3.34. The predicted octanol–water partition coefficient (Wildman–Crippen LogP) is 4.85. The summed E-state index contributed by atoms with van der Waals surface area (Å²) in [6.07, 6.45) is 2.47. The summed E-state index contributed by atoms with van der Waals surface area (Å²) in [5.74, 6) is 1.16. The Morgan fingerprint density at radius 2 is 1.55 bits per heavy atom. The van der Waals surface area contributed by atoms with Crippen LogP contribution in [0.4, 0.5) is 0 Å².